The van der Waals surface area contributed by atoms with E-state index in [1.807, 2.05) is 13.8 Å². The Morgan fingerprint density at radius 1 is 1.29 bits per heavy atom. The van der Waals surface area contributed by atoms with Crippen molar-refractivity contribution in [2.45, 2.75) is 57.5 Å². The van der Waals surface area contributed by atoms with Gasteiger partial charge >= 0.3 is 0 Å². The van der Waals surface area contributed by atoms with Crippen molar-refractivity contribution in [3.63, 3.8) is 0 Å². The lowest BCUT2D eigenvalue weighted by Gasteiger charge is -2.21. The molecule has 0 bridgehead atoms. The van der Waals surface area contributed by atoms with Crippen LogP contribution in [0, 0.1) is 12.8 Å². The summed E-state index contributed by atoms with van der Waals surface area (Å²) < 4.78 is 27.6. The minimum Gasteiger partial charge on any atom is -0.313 e. The van der Waals surface area contributed by atoms with Crippen molar-refractivity contribution in [1.29, 1.82) is 0 Å². The first-order valence-corrected chi connectivity index (χ1v) is 9.27. The Hall–Kier alpha value is -0.920. The van der Waals surface area contributed by atoms with Crippen LogP contribution >= 0.6 is 0 Å². The molecule has 1 aromatic heterocycles. The standard InChI is InChI=1S/C14H26N4O2S/c1-3-15-10-13-11(2)17-18-14(13)21(19,20)16-9-12-7-5-4-6-8-12/h12,15-16H,3-10H2,1-2H3,(H,17,18). The minimum absolute atomic E-state index is 0.136. The Bertz CT molecular complexity index is 547. The van der Waals surface area contributed by atoms with Crippen molar-refractivity contribution >= 4 is 10.0 Å². The third kappa shape index (κ3) is 4.28. The number of nitrogens with one attached hydrogen (secondary N) is 3. The Morgan fingerprint density at radius 3 is 2.67 bits per heavy atom. The fourth-order valence-electron chi connectivity index (χ4n) is 2.80. The monoisotopic (exact) mass is 314 g/mol. The number of aromatic amines is 1. The molecule has 0 amide bonds. The summed E-state index contributed by atoms with van der Waals surface area (Å²) in [5, 5.41) is 10.1. The second kappa shape index (κ2) is 7.38. The lowest BCUT2D eigenvalue weighted by molar-refractivity contribution is 0.357. The average Bonchev–Trinajstić information content (AvgIpc) is 2.86. The number of H-pyrrole nitrogens is 1. The molecular formula is C14H26N4O2S. The van der Waals surface area contributed by atoms with Crippen LogP contribution in [0.25, 0.3) is 0 Å². The molecule has 0 aliphatic heterocycles. The van der Waals surface area contributed by atoms with Gasteiger partial charge in [0.25, 0.3) is 10.0 Å². The molecule has 0 atom stereocenters. The van der Waals surface area contributed by atoms with Gasteiger partial charge in [0.2, 0.25) is 0 Å². The summed E-state index contributed by atoms with van der Waals surface area (Å²) in [6.45, 7) is 5.66. The molecule has 6 nitrogen and oxygen atoms in total. The minimum atomic E-state index is -3.53. The van der Waals surface area contributed by atoms with Crippen LogP contribution in [0.4, 0.5) is 0 Å². The normalized spacial score (nSPS) is 17.2. The van der Waals surface area contributed by atoms with Crippen LogP contribution in [0.5, 0.6) is 0 Å². The molecule has 0 saturated heterocycles. The van der Waals surface area contributed by atoms with E-state index in [2.05, 4.69) is 20.2 Å². The third-order valence-electron chi connectivity index (χ3n) is 4.13. The molecular weight excluding hydrogens is 288 g/mol. The second-order valence-corrected chi connectivity index (χ2v) is 7.45. The summed E-state index contributed by atoms with van der Waals surface area (Å²) in [6.07, 6.45) is 5.92. The average molecular weight is 314 g/mol. The quantitative estimate of drug-likeness (QED) is 0.715. The van der Waals surface area contributed by atoms with Gasteiger partial charge in [-0.1, -0.05) is 26.2 Å². The molecule has 2 rings (SSSR count). The highest BCUT2D eigenvalue weighted by molar-refractivity contribution is 7.89. The van der Waals surface area contributed by atoms with Gasteiger partial charge in [0.15, 0.2) is 5.03 Å². The summed E-state index contributed by atoms with van der Waals surface area (Å²) in [5.41, 5.74) is 1.53. The van der Waals surface area contributed by atoms with E-state index in [4.69, 9.17) is 0 Å². The van der Waals surface area contributed by atoms with Crippen LogP contribution in [-0.4, -0.2) is 31.7 Å². The van der Waals surface area contributed by atoms with E-state index in [9.17, 15) is 8.42 Å². The highest BCUT2D eigenvalue weighted by atomic mass is 32.2. The van der Waals surface area contributed by atoms with Gasteiger partial charge in [-0.05, 0) is 32.2 Å². The summed E-state index contributed by atoms with van der Waals surface area (Å²) in [4.78, 5) is 0. The summed E-state index contributed by atoms with van der Waals surface area (Å²) >= 11 is 0. The van der Waals surface area contributed by atoms with Crippen LogP contribution < -0.4 is 10.0 Å². The van der Waals surface area contributed by atoms with Crippen LogP contribution in [0.1, 0.15) is 50.3 Å². The van der Waals surface area contributed by atoms with E-state index < -0.39 is 10.0 Å². The number of rotatable bonds is 7. The van der Waals surface area contributed by atoms with Gasteiger partial charge in [0.05, 0.1) is 0 Å². The van der Waals surface area contributed by atoms with Crippen molar-refractivity contribution in [1.82, 2.24) is 20.2 Å². The molecule has 0 spiro atoms. The van der Waals surface area contributed by atoms with Gasteiger partial charge in [-0.15, -0.1) is 0 Å². The molecule has 21 heavy (non-hydrogen) atoms. The Labute approximate surface area is 127 Å². The van der Waals surface area contributed by atoms with Crippen LogP contribution in [0.2, 0.25) is 0 Å². The van der Waals surface area contributed by atoms with E-state index in [0.717, 1.165) is 30.6 Å². The Balaban J connectivity index is 2.04. The number of sulfonamides is 1. The molecule has 1 fully saturated rings. The molecule has 120 valence electrons. The first kappa shape index (κ1) is 16.5. The van der Waals surface area contributed by atoms with E-state index in [1.165, 1.54) is 19.3 Å². The van der Waals surface area contributed by atoms with E-state index in [-0.39, 0.29) is 5.03 Å². The predicted octanol–water partition coefficient (Wildman–Crippen LogP) is 1.69. The molecule has 0 unspecified atom stereocenters. The van der Waals surface area contributed by atoms with Gasteiger partial charge in [0, 0.05) is 24.3 Å². The van der Waals surface area contributed by atoms with Gasteiger partial charge < -0.3 is 5.32 Å². The van der Waals surface area contributed by atoms with Crippen LogP contribution in [0.15, 0.2) is 5.03 Å². The van der Waals surface area contributed by atoms with Gasteiger partial charge in [-0.25, -0.2) is 13.1 Å². The highest BCUT2D eigenvalue weighted by Gasteiger charge is 2.25. The maximum Gasteiger partial charge on any atom is 0.260 e. The lowest BCUT2D eigenvalue weighted by atomic mass is 9.90. The number of hydrogen-bond donors (Lipinski definition) is 3. The fourth-order valence-corrected chi connectivity index (χ4v) is 4.10. The largest absolute Gasteiger partial charge is 0.313 e. The Kier molecular flexibility index (Phi) is 5.78. The fraction of sp³-hybridized carbons (Fsp3) is 0.786. The number of aryl methyl sites for hydroxylation is 1. The molecule has 7 heteroatoms. The molecule has 1 aliphatic rings. The van der Waals surface area contributed by atoms with E-state index >= 15 is 0 Å². The zero-order chi connectivity index (χ0) is 15.3. The highest BCUT2D eigenvalue weighted by Crippen LogP contribution is 2.23. The maximum atomic E-state index is 12.5. The van der Waals surface area contributed by atoms with E-state index in [1.54, 1.807) is 0 Å². The molecule has 3 N–H and O–H groups in total. The van der Waals surface area contributed by atoms with Crippen LogP contribution in [-0.2, 0) is 16.6 Å². The second-order valence-electron chi connectivity index (χ2n) is 5.77. The Morgan fingerprint density at radius 2 is 2.00 bits per heavy atom. The smallest absolute Gasteiger partial charge is 0.260 e. The van der Waals surface area contributed by atoms with Crippen molar-refractivity contribution in [2.24, 2.45) is 5.92 Å². The SMILES string of the molecule is CCNCc1c(S(=O)(=O)NCC2CCCCC2)n[nH]c1C. The summed E-state index contributed by atoms with van der Waals surface area (Å²) in [5.74, 6) is 0.464. The van der Waals surface area contributed by atoms with Gasteiger partial charge in [-0.3, -0.25) is 5.10 Å². The number of aromatic nitrogens is 2. The number of nitrogens with zero attached hydrogens (tertiary/aromatic N) is 1. The summed E-state index contributed by atoms with van der Waals surface area (Å²) in [7, 11) is -3.53. The van der Waals surface area contributed by atoms with Crippen molar-refractivity contribution < 1.29 is 8.42 Å². The topological polar surface area (TPSA) is 86.9 Å². The van der Waals surface area contributed by atoms with Gasteiger partial charge in [-0.2, -0.15) is 5.10 Å². The first-order chi connectivity index (χ1) is 10.0. The maximum absolute atomic E-state index is 12.5. The van der Waals surface area contributed by atoms with Crippen molar-refractivity contribution in [3.05, 3.63) is 11.3 Å². The van der Waals surface area contributed by atoms with Crippen molar-refractivity contribution in [3.8, 4) is 0 Å². The molecule has 0 aromatic carbocycles. The molecule has 1 saturated carbocycles. The number of hydrogen-bond acceptors (Lipinski definition) is 4. The van der Waals surface area contributed by atoms with Crippen LogP contribution in [0.3, 0.4) is 0 Å². The van der Waals surface area contributed by atoms with Crippen molar-refractivity contribution in [2.75, 3.05) is 13.1 Å². The lowest BCUT2D eigenvalue weighted by Crippen LogP contribution is -2.31. The van der Waals surface area contributed by atoms with E-state index in [0.29, 0.717) is 19.0 Å². The molecule has 1 aliphatic carbocycles. The molecule has 1 aromatic rings. The third-order valence-corrected chi connectivity index (χ3v) is 5.52. The molecule has 1 heterocycles. The predicted molar refractivity (Wildman–Crippen MR) is 82.5 cm³/mol. The van der Waals surface area contributed by atoms with Gasteiger partial charge in [0.1, 0.15) is 0 Å². The molecule has 0 radical (unpaired) electrons. The zero-order valence-electron chi connectivity index (χ0n) is 12.9. The zero-order valence-corrected chi connectivity index (χ0v) is 13.7. The summed E-state index contributed by atoms with van der Waals surface area (Å²) in [6, 6.07) is 0. The first-order valence-electron chi connectivity index (χ1n) is 7.78.